The van der Waals surface area contributed by atoms with Crippen LogP contribution < -0.4 is 5.32 Å². The molecule has 8 heteroatoms. The van der Waals surface area contributed by atoms with Gasteiger partial charge in [-0.3, -0.25) is 14.5 Å². The highest BCUT2D eigenvalue weighted by Crippen LogP contribution is 2.17. The maximum atomic E-state index is 13.6. The minimum Gasteiger partial charge on any atom is -0.480 e. The Bertz CT molecular complexity index is 580. The number of rotatable bonds is 6. The van der Waals surface area contributed by atoms with E-state index >= 15 is 0 Å². The number of nitrogens with zero attached hydrogens (tertiary/aromatic N) is 1. The first-order valence-electron chi connectivity index (χ1n) is 7.57. The molecule has 0 aliphatic carbocycles. The smallest absolute Gasteiger partial charge is 0.320 e. The minimum atomic E-state index is -0.934. The molecule has 1 saturated heterocycles. The van der Waals surface area contributed by atoms with Crippen molar-refractivity contribution >= 4 is 24.3 Å². The molecule has 24 heavy (non-hydrogen) atoms. The predicted molar refractivity (Wildman–Crippen MR) is 87.1 cm³/mol. The second-order valence-corrected chi connectivity index (χ2v) is 5.84. The number of carboxylic acids is 1. The van der Waals surface area contributed by atoms with Crippen molar-refractivity contribution < 1.29 is 23.5 Å². The largest absolute Gasteiger partial charge is 0.480 e. The van der Waals surface area contributed by atoms with Gasteiger partial charge in [-0.15, -0.1) is 12.4 Å². The molecule has 5 nitrogen and oxygen atoms in total. The number of carbonyl (C=O) groups is 2. The van der Waals surface area contributed by atoms with Gasteiger partial charge in [-0.2, -0.15) is 0 Å². The first-order chi connectivity index (χ1) is 10.9. The number of carboxylic acid groups (broad SMARTS) is 1. The molecule has 0 saturated carbocycles. The molecule has 1 aromatic carbocycles. The zero-order valence-electron chi connectivity index (χ0n) is 13.3. The fraction of sp³-hybridized carbons (Fsp3) is 0.500. The van der Waals surface area contributed by atoms with E-state index in [0.717, 1.165) is 6.42 Å². The van der Waals surface area contributed by atoms with Crippen LogP contribution in [0.3, 0.4) is 0 Å². The van der Waals surface area contributed by atoms with Crippen molar-refractivity contribution in [3.05, 3.63) is 35.4 Å². The maximum absolute atomic E-state index is 13.6. The summed E-state index contributed by atoms with van der Waals surface area (Å²) in [7, 11) is 0. The molecule has 1 amide bonds. The van der Waals surface area contributed by atoms with Crippen LogP contribution in [0, 0.1) is 11.6 Å². The Morgan fingerprint density at radius 3 is 2.58 bits per heavy atom. The fourth-order valence-electron chi connectivity index (χ4n) is 2.88. The molecular weight excluding hydrogens is 342 g/mol. The molecule has 0 aromatic heterocycles. The summed E-state index contributed by atoms with van der Waals surface area (Å²) in [4.78, 5) is 24.7. The van der Waals surface area contributed by atoms with Gasteiger partial charge in [0.2, 0.25) is 5.91 Å². The molecule has 2 N–H and O–H groups in total. The highest BCUT2D eigenvalue weighted by molar-refractivity contribution is 5.85. The molecule has 2 rings (SSSR count). The van der Waals surface area contributed by atoms with Gasteiger partial charge in [-0.25, -0.2) is 8.78 Å². The summed E-state index contributed by atoms with van der Waals surface area (Å²) >= 11 is 0. The second-order valence-electron chi connectivity index (χ2n) is 5.84. The molecule has 1 aliphatic rings. The lowest BCUT2D eigenvalue weighted by molar-refractivity contribution is -0.142. The van der Waals surface area contributed by atoms with E-state index in [-0.39, 0.29) is 36.8 Å². The quantitative estimate of drug-likeness (QED) is 0.812. The zero-order valence-corrected chi connectivity index (χ0v) is 14.1. The summed E-state index contributed by atoms with van der Waals surface area (Å²) in [6.07, 6.45) is 1.30. The van der Waals surface area contributed by atoms with E-state index in [2.05, 4.69) is 5.32 Å². The van der Waals surface area contributed by atoms with Gasteiger partial charge in [0.05, 0.1) is 6.54 Å². The van der Waals surface area contributed by atoms with Gasteiger partial charge >= 0.3 is 5.97 Å². The molecule has 0 bridgehead atoms. The van der Waals surface area contributed by atoms with E-state index in [1.165, 1.54) is 18.2 Å². The van der Waals surface area contributed by atoms with Gasteiger partial charge in [-0.1, -0.05) is 6.07 Å². The van der Waals surface area contributed by atoms with Gasteiger partial charge in [0, 0.05) is 11.6 Å². The van der Waals surface area contributed by atoms with Crippen LogP contribution in [-0.4, -0.2) is 47.1 Å². The summed E-state index contributed by atoms with van der Waals surface area (Å²) in [5.74, 6) is -2.56. The Morgan fingerprint density at radius 2 is 2.00 bits per heavy atom. The Balaban J connectivity index is 0.00000288. The van der Waals surface area contributed by atoms with Crippen LogP contribution in [0.25, 0.3) is 0 Å². The van der Waals surface area contributed by atoms with Crippen molar-refractivity contribution in [2.75, 3.05) is 13.1 Å². The topological polar surface area (TPSA) is 69.6 Å². The number of carbonyl (C=O) groups excluding carboxylic acids is 1. The molecule has 1 fully saturated rings. The van der Waals surface area contributed by atoms with E-state index in [0.29, 0.717) is 13.0 Å². The van der Waals surface area contributed by atoms with Crippen LogP contribution >= 0.6 is 12.4 Å². The average molecular weight is 363 g/mol. The Labute approximate surface area is 145 Å². The SMILES string of the molecule is CC(Cc1c(F)cccc1F)NC(=O)CN1CCCC1C(=O)O.Cl. The highest BCUT2D eigenvalue weighted by atomic mass is 35.5. The molecule has 2 unspecified atom stereocenters. The van der Waals surface area contributed by atoms with E-state index < -0.39 is 29.7 Å². The van der Waals surface area contributed by atoms with Gasteiger partial charge < -0.3 is 10.4 Å². The third-order valence-electron chi connectivity index (χ3n) is 3.97. The van der Waals surface area contributed by atoms with Crippen LogP contribution in [-0.2, 0) is 16.0 Å². The molecule has 2 atom stereocenters. The lowest BCUT2D eigenvalue weighted by atomic mass is 10.1. The fourth-order valence-corrected chi connectivity index (χ4v) is 2.88. The molecule has 0 radical (unpaired) electrons. The van der Waals surface area contributed by atoms with Gasteiger partial charge in [0.1, 0.15) is 17.7 Å². The Morgan fingerprint density at radius 1 is 1.38 bits per heavy atom. The summed E-state index contributed by atoms with van der Waals surface area (Å²) in [5, 5.41) is 11.7. The van der Waals surface area contributed by atoms with Crippen molar-refractivity contribution in [2.45, 2.75) is 38.3 Å². The molecular formula is C16H21ClF2N2O3. The second kappa shape index (κ2) is 8.94. The monoisotopic (exact) mass is 362 g/mol. The number of hydrogen-bond donors (Lipinski definition) is 2. The highest BCUT2D eigenvalue weighted by Gasteiger charge is 2.31. The van der Waals surface area contributed by atoms with E-state index in [9.17, 15) is 18.4 Å². The van der Waals surface area contributed by atoms with E-state index in [4.69, 9.17) is 5.11 Å². The van der Waals surface area contributed by atoms with E-state index in [1.54, 1.807) is 11.8 Å². The first kappa shape index (κ1) is 20.3. The standard InChI is InChI=1S/C16H20F2N2O3.ClH/c1-10(8-11-12(17)4-2-5-13(11)18)19-15(21)9-20-7-3-6-14(20)16(22)23;/h2,4-5,10,14H,3,6-9H2,1H3,(H,19,21)(H,22,23);1H. The average Bonchev–Trinajstić information content (AvgIpc) is 2.91. The van der Waals surface area contributed by atoms with Crippen LogP contribution in [0.5, 0.6) is 0 Å². The summed E-state index contributed by atoms with van der Waals surface area (Å²) in [6.45, 7) is 2.18. The third kappa shape index (κ3) is 5.14. The first-order valence-corrected chi connectivity index (χ1v) is 7.57. The Hall–Kier alpha value is -1.73. The normalized spacial score (nSPS) is 18.7. The number of aliphatic carboxylic acids is 1. The number of likely N-dealkylation sites (tertiary alicyclic amines) is 1. The Kier molecular flexibility index (Phi) is 7.57. The summed E-state index contributed by atoms with van der Waals surface area (Å²) in [6, 6.07) is 2.54. The maximum Gasteiger partial charge on any atom is 0.320 e. The van der Waals surface area contributed by atoms with Crippen molar-refractivity contribution in [1.82, 2.24) is 10.2 Å². The molecule has 134 valence electrons. The molecule has 1 aromatic rings. The molecule has 1 heterocycles. The summed E-state index contributed by atoms with van der Waals surface area (Å²) in [5.41, 5.74) is -0.0649. The number of benzene rings is 1. The van der Waals surface area contributed by atoms with E-state index in [1.807, 2.05) is 0 Å². The lowest BCUT2D eigenvalue weighted by Gasteiger charge is -2.22. The van der Waals surface area contributed by atoms with Crippen LogP contribution in [0.15, 0.2) is 18.2 Å². The third-order valence-corrected chi connectivity index (χ3v) is 3.97. The summed E-state index contributed by atoms with van der Waals surface area (Å²) < 4.78 is 27.2. The van der Waals surface area contributed by atoms with Crippen molar-refractivity contribution in [3.8, 4) is 0 Å². The number of halogens is 3. The van der Waals surface area contributed by atoms with Crippen LogP contribution in [0.2, 0.25) is 0 Å². The lowest BCUT2D eigenvalue weighted by Crippen LogP contribution is -2.45. The van der Waals surface area contributed by atoms with Gasteiger partial charge in [-0.05, 0) is 44.9 Å². The zero-order chi connectivity index (χ0) is 17.0. The molecule has 1 aliphatic heterocycles. The van der Waals surface area contributed by atoms with Crippen molar-refractivity contribution in [1.29, 1.82) is 0 Å². The number of nitrogens with one attached hydrogen (secondary N) is 1. The van der Waals surface area contributed by atoms with Crippen molar-refractivity contribution in [2.24, 2.45) is 0 Å². The van der Waals surface area contributed by atoms with Crippen molar-refractivity contribution in [3.63, 3.8) is 0 Å². The minimum absolute atomic E-state index is 0. The predicted octanol–water partition coefficient (Wildman–Crippen LogP) is 1.98. The number of amides is 1. The van der Waals surface area contributed by atoms with Crippen LogP contribution in [0.1, 0.15) is 25.3 Å². The van der Waals surface area contributed by atoms with Gasteiger partial charge in [0.15, 0.2) is 0 Å². The number of hydrogen-bond acceptors (Lipinski definition) is 3. The van der Waals surface area contributed by atoms with Gasteiger partial charge in [0.25, 0.3) is 0 Å². The van der Waals surface area contributed by atoms with Crippen LogP contribution in [0.4, 0.5) is 8.78 Å². The molecule has 0 spiro atoms.